The monoisotopic (exact) mass is 1730 g/mol. The predicted molar refractivity (Wildman–Crippen MR) is 451 cm³/mol. The Morgan fingerprint density at radius 2 is 0.926 bits per heavy atom. The van der Waals surface area contributed by atoms with Crippen LogP contribution in [0.5, 0.6) is 0 Å². The fourth-order valence-electron chi connectivity index (χ4n) is 11.6. The van der Waals surface area contributed by atoms with Crippen LogP contribution in [-0.2, 0) is 95.4 Å². The zero-order valence-corrected chi connectivity index (χ0v) is 75.1. The summed E-state index contributed by atoms with van der Waals surface area (Å²) in [6, 6.07) is -4.91. The third-order valence-corrected chi connectivity index (χ3v) is 17.4. The maximum Gasteiger partial charge on any atom is 0.414 e. The number of rotatable bonds is 52. The van der Waals surface area contributed by atoms with Crippen molar-refractivity contribution in [2.45, 2.75) is 292 Å². The smallest absolute Gasteiger partial charge is 0.414 e. The van der Waals surface area contributed by atoms with Gasteiger partial charge < -0.3 is 107 Å². The molecule has 0 heterocycles. The molecule has 14 amide bonds. The zero-order chi connectivity index (χ0) is 91.9. The van der Waals surface area contributed by atoms with E-state index in [9.17, 15) is 71.9 Å². The van der Waals surface area contributed by atoms with Gasteiger partial charge in [0.15, 0.2) is 0 Å². The fourth-order valence-corrected chi connectivity index (χ4v) is 11.6. The second kappa shape index (κ2) is 56.0. The number of alkyl carbamates (subject to hydrolysis) is 2. The van der Waals surface area contributed by atoms with Gasteiger partial charge in [0.1, 0.15) is 70.7 Å². The molecule has 1 fully saturated rings. The van der Waals surface area contributed by atoms with Crippen molar-refractivity contribution in [1.82, 2.24) is 69.1 Å². The summed E-state index contributed by atoms with van der Waals surface area (Å²) in [4.78, 5) is 207. The van der Waals surface area contributed by atoms with Gasteiger partial charge in [-0.3, -0.25) is 68.2 Å². The minimum atomic E-state index is -1.71. The Bertz CT molecular complexity index is 3520. The molecular formula is C83H141N15O24. The molecule has 1 aromatic carbocycles. The van der Waals surface area contributed by atoms with Crippen LogP contribution in [0.4, 0.5) is 20.1 Å². The number of carbonyl (C=O) groups is 15. The molecule has 2 rings (SSSR count). The number of hydrogen-bond donors (Lipinski definition) is 14. The number of hydrogen-bond acceptors (Lipinski definition) is 25. The molecule has 1 aliphatic rings. The van der Waals surface area contributed by atoms with Crippen LogP contribution in [0, 0.1) is 17.8 Å². The Morgan fingerprint density at radius 1 is 0.467 bits per heavy atom. The number of urea groups is 1. The van der Waals surface area contributed by atoms with Crippen LogP contribution in [-0.4, -0.2) is 252 Å². The lowest BCUT2D eigenvalue weighted by Gasteiger charge is -2.31. The van der Waals surface area contributed by atoms with Crippen LogP contribution in [0.3, 0.4) is 0 Å². The highest BCUT2D eigenvalue weighted by atomic mass is 16.6. The van der Waals surface area contributed by atoms with E-state index in [1.165, 1.54) is 57.9 Å². The van der Waals surface area contributed by atoms with E-state index in [1.54, 1.807) is 96.9 Å². The van der Waals surface area contributed by atoms with Crippen LogP contribution in [0.2, 0.25) is 0 Å². The highest BCUT2D eigenvalue weighted by Gasteiger charge is 2.38. The number of amides is 14. The molecule has 0 saturated heterocycles. The fraction of sp³-hybridized carbons (Fsp3) is 0.735. The molecule has 1 aliphatic carbocycles. The zero-order valence-electron chi connectivity index (χ0n) is 75.1. The lowest BCUT2D eigenvalue weighted by molar-refractivity contribution is -0.156. The van der Waals surface area contributed by atoms with Crippen molar-refractivity contribution in [3.63, 3.8) is 0 Å². The highest BCUT2D eigenvalue weighted by Crippen LogP contribution is 2.22. The van der Waals surface area contributed by atoms with Gasteiger partial charge in [-0.1, -0.05) is 67.4 Å². The molecule has 0 unspecified atom stereocenters. The molecule has 0 spiro atoms. The van der Waals surface area contributed by atoms with Crippen LogP contribution in [0.25, 0.3) is 0 Å². The van der Waals surface area contributed by atoms with Gasteiger partial charge >= 0.3 is 30.2 Å². The first kappa shape index (κ1) is 108. The molecule has 0 bridgehead atoms. The van der Waals surface area contributed by atoms with Gasteiger partial charge in [0.2, 0.25) is 59.1 Å². The predicted octanol–water partition coefficient (Wildman–Crippen LogP) is 4.35. The Labute approximate surface area is 717 Å². The van der Waals surface area contributed by atoms with Gasteiger partial charge in [0.25, 0.3) is 5.91 Å². The van der Waals surface area contributed by atoms with E-state index in [1.807, 2.05) is 13.8 Å². The molecule has 39 heteroatoms. The van der Waals surface area contributed by atoms with Gasteiger partial charge in [-0.25, -0.2) is 19.4 Å². The Balaban J connectivity index is 2.12. The lowest BCUT2D eigenvalue weighted by Crippen LogP contribution is -2.63. The van der Waals surface area contributed by atoms with Crippen molar-refractivity contribution in [2.75, 3.05) is 85.7 Å². The summed E-state index contributed by atoms with van der Waals surface area (Å²) in [5.74, 6) is -10.5. The molecule has 122 heavy (non-hydrogen) atoms. The van der Waals surface area contributed by atoms with Crippen molar-refractivity contribution < 1.29 is 115 Å². The highest BCUT2D eigenvalue weighted by molar-refractivity contribution is 6.04. The average Bonchev–Trinajstić information content (AvgIpc) is 0.857. The summed E-state index contributed by atoms with van der Waals surface area (Å²) in [5, 5.41) is 33.2. The first-order valence-corrected chi connectivity index (χ1v) is 42.1. The molecular weight excluding hydrogens is 1590 g/mol. The quantitative estimate of drug-likeness (QED) is 0.0108. The standard InChI is InChI=1S/C83H141N15O24/c1-20-58(91-67(102)54(8)88-71(106)61(46-52(4)5)94-73(108)63(49-66(101)120-80(9,10)11)90-64(99)50-87-68(103)55-27-25-28-56(48-55)89-77(96-78(112)121-81(12,13)14)97-79(113)122-82(15,16)17)70(105)93-62(47-53(6)7)72(107)92-59(31-26-33-86-76(84)111)74(109)98-83(18,19)75(110)95-60(45-51(2)3)69(104)85-34-36-115-38-40-117-42-44-118-43-41-116-39-37-114-35-32-65(100)119-57-29-23-21-22-24-30-57/h25,27-28,48,51-54,57-63H,20-24,26,29-47,49-50H2,1-19H3,(H,85,104)(H,87,103)(H,88,106)(H,90,99)(H,91,102)(H,92,107)(H,93,105)(H,94,108)(H,95,110)(H,98,109)(H3,84,86,111)(H2,89,96,97,112,113)/t54-,58-,59-,60-,61-,62-,63-/m0/s1. The van der Waals surface area contributed by atoms with Crippen molar-refractivity contribution in [2.24, 2.45) is 28.5 Å². The maximum absolute atomic E-state index is 14.4. The van der Waals surface area contributed by atoms with E-state index in [-0.39, 0.29) is 126 Å². The summed E-state index contributed by atoms with van der Waals surface area (Å²) in [6.07, 6.45) is 4.07. The number of ether oxygens (including phenoxy) is 9. The number of guanidine groups is 1. The molecule has 0 radical (unpaired) electrons. The minimum Gasteiger partial charge on any atom is -0.462 e. The number of esters is 2. The third kappa shape index (κ3) is 49.9. The number of benzene rings is 1. The summed E-state index contributed by atoms with van der Waals surface area (Å²) in [5.41, 5.74) is 0.686. The van der Waals surface area contributed by atoms with Crippen LogP contribution in [0.15, 0.2) is 29.3 Å². The normalized spacial score (nSPS) is 14.3. The summed E-state index contributed by atoms with van der Waals surface area (Å²) in [7, 11) is 0. The van der Waals surface area contributed by atoms with E-state index in [0.29, 0.717) is 39.6 Å². The Morgan fingerprint density at radius 3 is 1.42 bits per heavy atom. The van der Waals surface area contributed by atoms with Crippen molar-refractivity contribution in [3.05, 3.63) is 29.8 Å². The third-order valence-electron chi connectivity index (χ3n) is 17.4. The summed E-state index contributed by atoms with van der Waals surface area (Å²) >= 11 is 0. The Kier molecular flexibility index (Phi) is 49.7. The van der Waals surface area contributed by atoms with Gasteiger partial charge in [0, 0.05) is 18.7 Å². The molecule has 7 atom stereocenters. The van der Waals surface area contributed by atoms with E-state index < -0.39 is 167 Å². The van der Waals surface area contributed by atoms with Crippen molar-refractivity contribution in [3.8, 4) is 0 Å². The number of primary amides is 1. The largest absolute Gasteiger partial charge is 0.462 e. The molecule has 1 aromatic rings. The van der Waals surface area contributed by atoms with E-state index in [2.05, 4.69) is 74.1 Å². The van der Waals surface area contributed by atoms with E-state index in [0.717, 1.165) is 25.7 Å². The number of nitrogens with one attached hydrogen (secondary N) is 13. The van der Waals surface area contributed by atoms with Gasteiger partial charge in [-0.15, -0.1) is 0 Å². The first-order valence-electron chi connectivity index (χ1n) is 42.1. The minimum absolute atomic E-state index is 0.0153. The van der Waals surface area contributed by atoms with Gasteiger partial charge in [-0.05, 0) is 183 Å². The molecule has 15 N–H and O–H groups in total. The van der Waals surface area contributed by atoms with Crippen molar-refractivity contribution >= 4 is 101 Å². The first-order chi connectivity index (χ1) is 57.0. The van der Waals surface area contributed by atoms with Crippen LogP contribution >= 0.6 is 0 Å². The van der Waals surface area contributed by atoms with E-state index in [4.69, 9.17) is 48.4 Å². The summed E-state index contributed by atoms with van der Waals surface area (Å²) < 4.78 is 49.4. The molecule has 39 nitrogen and oxygen atoms in total. The number of nitrogens with two attached hydrogens (primary N) is 1. The lowest BCUT2D eigenvalue weighted by atomic mass is 9.98. The second-order valence-electron chi connectivity index (χ2n) is 34.4. The van der Waals surface area contributed by atoms with Crippen LogP contribution < -0.4 is 74.9 Å². The molecule has 0 aromatic heterocycles. The number of nitrogens with zero attached hydrogens (tertiary/aromatic N) is 1. The van der Waals surface area contributed by atoms with Crippen LogP contribution in [0.1, 0.15) is 232 Å². The van der Waals surface area contributed by atoms with Gasteiger partial charge in [-0.2, -0.15) is 0 Å². The SMILES string of the molecule is CC[C@H](NC(=O)[C@H](C)NC(=O)[C@H](CC(C)C)NC(=O)[C@H](CC(=O)OC(C)(C)C)NC(=O)CNC(=O)c1cccc(N=C(NC(=O)OC(C)(C)C)NC(=O)OC(C)(C)C)c1)C(=O)N[C@@H](CC(C)C)C(=O)N[C@@H](CCCNC(N)=O)C(=O)NC(C)(C)C(=O)N[C@@H](CC(C)C)C(=O)NCCOCCOCCOCCOCCOCCC(=O)OC1CCCCCC1. The average molecular weight is 1730 g/mol. The number of aliphatic imine (C=N–C) groups is 1. The topological polar surface area (TPSA) is 534 Å². The second-order valence-corrected chi connectivity index (χ2v) is 34.4. The van der Waals surface area contributed by atoms with Crippen molar-refractivity contribution in [1.29, 1.82) is 0 Å². The molecule has 1 saturated carbocycles. The molecule has 692 valence electrons. The number of carbonyl (C=O) groups excluding carboxylic acids is 15. The van der Waals surface area contributed by atoms with Gasteiger partial charge in [0.05, 0.1) is 91.1 Å². The molecule has 0 aliphatic heterocycles. The Hall–Kier alpha value is -9.86. The maximum atomic E-state index is 14.4. The van der Waals surface area contributed by atoms with E-state index >= 15 is 0 Å². The summed E-state index contributed by atoms with van der Waals surface area (Å²) in [6.45, 7) is 33.2.